The van der Waals surface area contributed by atoms with Crippen LogP contribution in [0.2, 0.25) is 10.0 Å². The van der Waals surface area contributed by atoms with Gasteiger partial charge in [-0.15, -0.1) is 11.8 Å². The van der Waals surface area contributed by atoms with Crippen LogP contribution in [0.15, 0.2) is 53.4 Å². The maximum atomic E-state index is 12.2. The molecule has 4 nitrogen and oxygen atoms in total. The number of anilines is 1. The molecule has 0 saturated carbocycles. The van der Waals surface area contributed by atoms with E-state index in [9.17, 15) is 9.59 Å². The molecule has 0 bridgehead atoms. The van der Waals surface area contributed by atoms with Crippen molar-refractivity contribution in [2.24, 2.45) is 0 Å². The highest BCUT2D eigenvalue weighted by Gasteiger charge is 2.12. The van der Waals surface area contributed by atoms with Gasteiger partial charge >= 0.3 is 0 Å². The van der Waals surface area contributed by atoms with Crippen LogP contribution in [0.5, 0.6) is 0 Å². The Morgan fingerprint density at radius 1 is 1.15 bits per heavy atom. The smallest absolute Gasteiger partial charge is 0.246 e. The van der Waals surface area contributed by atoms with Crippen LogP contribution in [0.3, 0.4) is 0 Å². The molecule has 0 spiro atoms. The summed E-state index contributed by atoms with van der Waals surface area (Å²) in [6.45, 7) is -0.0484. The largest absolute Gasteiger partial charge is 0.333 e. The minimum atomic E-state index is -0.288. The van der Waals surface area contributed by atoms with Crippen molar-refractivity contribution in [2.75, 3.05) is 25.2 Å². The monoisotopic (exact) mass is 408 g/mol. The Kier molecular flexibility index (Phi) is 7.57. The molecule has 2 aromatic carbocycles. The van der Waals surface area contributed by atoms with Crippen LogP contribution in [0.25, 0.3) is 6.08 Å². The minimum Gasteiger partial charge on any atom is -0.333 e. The summed E-state index contributed by atoms with van der Waals surface area (Å²) in [6, 6.07) is 12.6. The molecule has 26 heavy (non-hydrogen) atoms. The predicted octanol–water partition coefficient (Wildman–Crippen LogP) is 4.83. The molecule has 2 aromatic rings. The average Bonchev–Trinajstić information content (AvgIpc) is 2.62. The number of carbonyl (C=O) groups excluding carboxylic acids is 2. The third-order valence-corrected chi connectivity index (χ3v) is 5.03. The van der Waals surface area contributed by atoms with Crippen LogP contribution in [0.4, 0.5) is 5.69 Å². The number of nitrogens with one attached hydrogen (secondary N) is 1. The first kappa shape index (κ1) is 20.4. The quantitative estimate of drug-likeness (QED) is 0.550. The second-order valence-electron chi connectivity index (χ2n) is 5.45. The molecule has 0 aliphatic carbocycles. The number of benzene rings is 2. The molecule has 0 saturated heterocycles. The zero-order valence-electron chi connectivity index (χ0n) is 14.3. The number of nitrogens with zero attached hydrogens (tertiary/aromatic N) is 1. The standard InChI is InChI=1S/C19H18Cl2N2O2S/c1-23(12-18(24)22-16-5-3-4-6-17(16)26-2)19(25)10-8-13-7-9-14(20)15(21)11-13/h3-11H,12H2,1-2H3,(H,22,24)/b10-8+. The van der Waals surface area contributed by atoms with Crippen molar-refractivity contribution in [1.82, 2.24) is 4.90 Å². The molecule has 0 atom stereocenters. The van der Waals surface area contributed by atoms with Crippen LogP contribution in [0, 0.1) is 0 Å². The molecule has 2 amide bonds. The van der Waals surface area contributed by atoms with E-state index in [2.05, 4.69) is 5.32 Å². The van der Waals surface area contributed by atoms with Crippen molar-refractivity contribution < 1.29 is 9.59 Å². The van der Waals surface area contributed by atoms with Gasteiger partial charge in [0, 0.05) is 18.0 Å². The minimum absolute atomic E-state index is 0.0484. The van der Waals surface area contributed by atoms with E-state index in [4.69, 9.17) is 23.2 Å². The molecule has 0 aromatic heterocycles. The van der Waals surface area contributed by atoms with Crippen LogP contribution in [-0.2, 0) is 9.59 Å². The molecule has 0 heterocycles. The van der Waals surface area contributed by atoms with E-state index < -0.39 is 0 Å². The van der Waals surface area contributed by atoms with Crippen LogP contribution < -0.4 is 5.32 Å². The Morgan fingerprint density at radius 2 is 1.88 bits per heavy atom. The van der Waals surface area contributed by atoms with Gasteiger partial charge in [-0.1, -0.05) is 41.4 Å². The van der Waals surface area contributed by atoms with E-state index in [0.29, 0.717) is 10.0 Å². The molecule has 0 aliphatic rings. The topological polar surface area (TPSA) is 49.4 Å². The zero-order chi connectivity index (χ0) is 19.1. The first-order valence-electron chi connectivity index (χ1n) is 7.72. The van der Waals surface area contributed by atoms with Gasteiger partial charge in [0.15, 0.2) is 0 Å². The van der Waals surface area contributed by atoms with Gasteiger partial charge in [0.05, 0.1) is 22.3 Å². The lowest BCUT2D eigenvalue weighted by Gasteiger charge is -2.15. The lowest BCUT2D eigenvalue weighted by atomic mass is 10.2. The number of rotatable bonds is 6. The Balaban J connectivity index is 1.94. The number of carbonyl (C=O) groups is 2. The normalized spacial score (nSPS) is 10.8. The maximum absolute atomic E-state index is 12.2. The van der Waals surface area contributed by atoms with Gasteiger partial charge in [-0.2, -0.15) is 0 Å². The van der Waals surface area contributed by atoms with Gasteiger partial charge in [0.1, 0.15) is 0 Å². The fourth-order valence-corrected chi connectivity index (χ4v) is 3.00. The highest BCUT2D eigenvalue weighted by atomic mass is 35.5. The summed E-state index contributed by atoms with van der Waals surface area (Å²) in [4.78, 5) is 26.7. The number of likely N-dealkylation sites (N-methyl/N-ethyl adjacent to an activating group) is 1. The molecule has 7 heteroatoms. The van der Waals surface area contributed by atoms with Gasteiger partial charge in [0.25, 0.3) is 0 Å². The molecule has 0 radical (unpaired) electrons. The molecular weight excluding hydrogens is 391 g/mol. The summed E-state index contributed by atoms with van der Waals surface area (Å²) < 4.78 is 0. The third kappa shape index (κ3) is 5.80. The summed E-state index contributed by atoms with van der Waals surface area (Å²) in [5.74, 6) is -0.547. The highest BCUT2D eigenvalue weighted by Crippen LogP contribution is 2.24. The van der Waals surface area contributed by atoms with Gasteiger partial charge in [0.2, 0.25) is 11.8 Å². The Hall–Kier alpha value is -1.95. The van der Waals surface area contributed by atoms with E-state index in [1.807, 2.05) is 30.5 Å². The third-order valence-electron chi connectivity index (χ3n) is 3.50. The van der Waals surface area contributed by atoms with Crippen LogP contribution >= 0.6 is 35.0 Å². The first-order valence-corrected chi connectivity index (χ1v) is 9.70. The van der Waals surface area contributed by atoms with Crippen molar-refractivity contribution in [3.8, 4) is 0 Å². The van der Waals surface area contributed by atoms with Crippen molar-refractivity contribution in [3.63, 3.8) is 0 Å². The number of hydrogen-bond donors (Lipinski definition) is 1. The lowest BCUT2D eigenvalue weighted by molar-refractivity contribution is -0.129. The molecule has 1 N–H and O–H groups in total. The van der Waals surface area contributed by atoms with E-state index in [0.717, 1.165) is 16.1 Å². The molecular formula is C19H18Cl2N2O2S. The molecule has 136 valence electrons. The summed E-state index contributed by atoms with van der Waals surface area (Å²) in [6.07, 6.45) is 4.96. The summed E-state index contributed by atoms with van der Waals surface area (Å²) in [7, 11) is 1.57. The van der Waals surface area contributed by atoms with Crippen molar-refractivity contribution >= 4 is 58.5 Å². The summed E-state index contributed by atoms with van der Waals surface area (Å²) in [5.41, 5.74) is 1.48. The van der Waals surface area contributed by atoms with Crippen molar-refractivity contribution in [2.45, 2.75) is 4.90 Å². The fraction of sp³-hybridized carbons (Fsp3) is 0.158. The SMILES string of the molecule is CSc1ccccc1NC(=O)CN(C)C(=O)/C=C/c1ccc(Cl)c(Cl)c1. The van der Waals surface area contributed by atoms with Crippen LogP contribution in [-0.4, -0.2) is 36.6 Å². The van der Waals surface area contributed by atoms with Gasteiger partial charge in [-0.3, -0.25) is 9.59 Å². The molecule has 2 rings (SSSR count). The fourth-order valence-electron chi connectivity index (χ4n) is 2.14. The predicted molar refractivity (Wildman–Crippen MR) is 110 cm³/mol. The Bertz CT molecular complexity index is 840. The van der Waals surface area contributed by atoms with Gasteiger partial charge < -0.3 is 10.2 Å². The first-order chi connectivity index (χ1) is 12.4. The van der Waals surface area contributed by atoms with Crippen molar-refractivity contribution in [1.29, 1.82) is 0 Å². The summed E-state index contributed by atoms with van der Waals surface area (Å²) >= 11 is 13.4. The molecule has 0 unspecified atom stereocenters. The van der Waals surface area contributed by atoms with Crippen molar-refractivity contribution in [3.05, 3.63) is 64.1 Å². The number of amides is 2. The number of thioether (sulfide) groups is 1. The Labute approximate surface area is 167 Å². The van der Waals surface area contributed by atoms with Gasteiger partial charge in [-0.25, -0.2) is 0 Å². The molecule has 0 aliphatic heterocycles. The number of para-hydroxylation sites is 1. The average molecular weight is 409 g/mol. The summed E-state index contributed by atoms with van der Waals surface area (Å²) in [5, 5.41) is 3.70. The lowest BCUT2D eigenvalue weighted by Crippen LogP contribution is -2.33. The maximum Gasteiger partial charge on any atom is 0.246 e. The van der Waals surface area contributed by atoms with Crippen LogP contribution in [0.1, 0.15) is 5.56 Å². The van der Waals surface area contributed by atoms with E-state index in [1.54, 1.807) is 43.1 Å². The van der Waals surface area contributed by atoms with E-state index in [1.165, 1.54) is 11.0 Å². The second kappa shape index (κ2) is 9.67. The second-order valence-corrected chi connectivity index (χ2v) is 7.11. The molecule has 0 fully saturated rings. The van der Waals surface area contributed by atoms with Gasteiger partial charge in [-0.05, 0) is 42.2 Å². The Morgan fingerprint density at radius 3 is 2.58 bits per heavy atom. The zero-order valence-corrected chi connectivity index (χ0v) is 16.7. The number of hydrogen-bond acceptors (Lipinski definition) is 3. The van der Waals surface area contributed by atoms with E-state index in [-0.39, 0.29) is 18.4 Å². The highest BCUT2D eigenvalue weighted by molar-refractivity contribution is 7.98. The number of halogens is 2. The van der Waals surface area contributed by atoms with E-state index >= 15 is 0 Å².